The Bertz CT molecular complexity index is 1290. The maximum absolute atomic E-state index is 12.3. The molecule has 0 aliphatic carbocycles. The van der Waals surface area contributed by atoms with Gasteiger partial charge in [0.2, 0.25) is 0 Å². The average Bonchev–Trinajstić information content (AvgIpc) is 3.22. The van der Waals surface area contributed by atoms with Gasteiger partial charge in [0.15, 0.2) is 0 Å². The molecule has 5 atom stereocenters. The zero-order chi connectivity index (χ0) is 27.2. The summed E-state index contributed by atoms with van der Waals surface area (Å²) in [5.41, 5.74) is 2.96. The lowest BCUT2D eigenvalue weighted by molar-refractivity contribution is -0.0474. The first-order valence-corrected chi connectivity index (χ1v) is 12.6. The molecule has 0 aromatic heterocycles. The average molecular weight is 517 g/mol. The molecule has 7 nitrogen and oxygen atoms in total. The SMILES string of the molecule is C=CC[C@@H]1O[C@H](c2cccc(C(=O)O)c2C[C@H](C)c2ccccc2C(=O)O)[C@H](OCc2ccccc2)[C@H]1O. The summed E-state index contributed by atoms with van der Waals surface area (Å²) in [5.74, 6) is -2.44. The van der Waals surface area contributed by atoms with E-state index in [1.165, 1.54) is 6.07 Å². The number of aliphatic hydroxyl groups is 1. The van der Waals surface area contributed by atoms with Crippen LogP contribution in [-0.2, 0) is 22.5 Å². The number of carbonyl (C=O) groups is 2. The Kier molecular flexibility index (Phi) is 8.73. The normalized spacial score (nSPS) is 21.6. The number of ether oxygens (including phenoxy) is 2. The van der Waals surface area contributed by atoms with Crippen molar-refractivity contribution in [3.8, 4) is 0 Å². The van der Waals surface area contributed by atoms with Crippen LogP contribution >= 0.6 is 0 Å². The smallest absolute Gasteiger partial charge is 0.335 e. The quantitative estimate of drug-likeness (QED) is 0.293. The standard InChI is InChI=1S/C31H32O7/c1-3-10-26-27(32)29(37-18-20-11-5-4-6-12-20)28(38-26)22-15-9-16-24(31(35)36)25(22)17-19(2)21-13-7-8-14-23(21)30(33)34/h3-9,11-16,19,26-29,32H,1,10,17-18H2,2H3,(H,33,34)(H,35,36)/t19-,26-,27-,28+,29+/m0/s1. The van der Waals surface area contributed by atoms with Crippen LogP contribution in [0.2, 0.25) is 0 Å². The molecule has 3 N–H and O–H groups in total. The first-order chi connectivity index (χ1) is 18.3. The van der Waals surface area contributed by atoms with Crippen molar-refractivity contribution in [1.29, 1.82) is 0 Å². The lowest BCUT2D eigenvalue weighted by atomic mass is 9.84. The van der Waals surface area contributed by atoms with Gasteiger partial charge in [-0.15, -0.1) is 6.58 Å². The monoisotopic (exact) mass is 516 g/mol. The summed E-state index contributed by atoms with van der Waals surface area (Å²) in [4.78, 5) is 24.1. The van der Waals surface area contributed by atoms with Gasteiger partial charge in [0.05, 0.1) is 23.8 Å². The van der Waals surface area contributed by atoms with Crippen LogP contribution in [0.15, 0.2) is 85.5 Å². The van der Waals surface area contributed by atoms with Crippen LogP contribution in [0.25, 0.3) is 0 Å². The number of aromatic carboxylic acids is 2. The fraction of sp³-hybridized carbons (Fsp3) is 0.290. The zero-order valence-corrected chi connectivity index (χ0v) is 21.2. The van der Waals surface area contributed by atoms with Gasteiger partial charge in [-0.1, -0.05) is 73.7 Å². The van der Waals surface area contributed by atoms with Crippen molar-refractivity contribution in [3.05, 3.63) is 119 Å². The van der Waals surface area contributed by atoms with Gasteiger partial charge in [0.25, 0.3) is 0 Å². The number of benzene rings is 3. The molecular weight excluding hydrogens is 484 g/mol. The van der Waals surface area contributed by atoms with Crippen LogP contribution in [0.1, 0.15) is 68.3 Å². The Balaban J connectivity index is 1.73. The molecule has 3 aromatic carbocycles. The fourth-order valence-corrected chi connectivity index (χ4v) is 5.14. The van der Waals surface area contributed by atoms with Crippen molar-refractivity contribution < 1.29 is 34.4 Å². The van der Waals surface area contributed by atoms with Gasteiger partial charge in [-0.05, 0) is 53.1 Å². The van der Waals surface area contributed by atoms with Gasteiger partial charge in [-0.25, -0.2) is 9.59 Å². The highest BCUT2D eigenvalue weighted by molar-refractivity contribution is 5.90. The first-order valence-electron chi connectivity index (χ1n) is 12.6. The number of carboxylic acid groups (broad SMARTS) is 2. The highest BCUT2D eigenvalue weighted by atomic mass is 16.6. The second-order valence-electron chi connectivity index (χ2n) is 9.55. The van der Waals surface area contributed by atoms with Crippen LogP contribution < -0.4 is 0 Å². The van der Waals surface area contributed by atoms with E-state index in [0.717, 1.165) is 5.56 Å². The third-order valence-electron chi connectivity index (χ3n) is 7.00. The minimum Gasteiger partial charge on any atom is -0.478 e. The van der Waals surface area contributed by atoms with E-state index in [-0.39, 0.29) is 30.1 Å². The van der Waals surface area contributed by atoms with E-state index in [1.54, 1.807) is 42.5 Å². The van der Waals surface area contributed by atoms with Gasteiger partial charge in [-0.3, -0.25) is 0 Å². The van der Waals surface area contributed by atoms with Crippen LogP contribution in [0.5, 0.6) is 0 Å². The lowest BCUT2D eigenvalue weighted by Crippen LogP contribution is -2.33. The summed E-state index contributed by atoms with van der Waals surface area (Å²) in [5, 5.41) is 30.9. The van der Waals surface area contributed by atoms with E-state index in [2.05, 4.69) is 6.58 Å². The molecule has 1 fully saturated rings. The van der Waals surface area contributed by atoms with Gasteiger partial charge in [0, 0.05) is 0 Å². The first kappa shape index (κ1) is 27.3. The minimum absolute atomic E-state index is 0.106. The van der Waals surface area contributed by atoms with Crippen molar-refractivity contribution in [1.82, 2.24) is 0 Å². The molecule has 0 spiro atoms. The number of hydrogen-bond donors (Lipinski definition) is 3. The Morgan fingerprint density at radius 3 is 2.32 bits per heavy atom. The molecule has 1 aliphatic heterocycles. The molecule has 3 aromatic rings. The van der Waals surface area contributed by atoms with E-state index in [0.29, 0.717) is 23.1 Å². The van der Waals surface area contributed by atoms with Crippen molar-refractivity contribution >= 4 is 11.9 Å². The van der Waals surface area contributed by atoms with Crippen molar-refractivity contribution in [3.63, 3.8) is 0 Å². The number of aliphatic hydroxyl groups excluding tert-OH is 1. The predicted octanol–water partition coefficient (Wildman–Crippen LogP) is 5.39. The van der Waals surface area contributed by atoms with Crippen LogP contribution in [0.4, 0.5) is 0 Å². The molecule has 38 heavy (non-hydrogen) atoms. The topological polar surface area (TPSA) is 113 Å². The van der Waals surface area contributed by atoms with E-state index >= 15 is 0 Å². The van der Waals surface area contributed by atoms with E-state index in [1.807, 2.05) is 37.3 Å². The number of hydrogen-bond acceptors (Lipinski definition) is 5. The van der Waals surface area contributed by atoms with E-state index in [4.69, 9.17) is 9.47 Å². The fourth-order valence-electron chi connectivity index (χ4n) is 5.14. The van der Waals surface area contributed by atoms with Gasteiger partial charge < -0.3 is 24.8 Å². The van der Waals surface area contributed by atoms with Crippen LogP contribution in [0.3, 0.4) is 0 Å². The van der Waals surface area contributed by atoms with Gasteiger partial charge >= 0.3 is 11.9 Å². The number of carboxylic acids is 2. The van der Waals surface area contributed by atoms with Crippen LogP contribution in [0, 0.1) is 0 Å². The van der Waals surface area contributed by atoms with Crippen LogP contribution in [-0.4, -0.2) is 45.6 Å². The summed E-state index contributed by atoms with van der Waals surface area (Å²) in [6.45, 7) is 5.89. The Morgan fingerprint density at radius 1 is 0.974 bits per heavy atom. The Labute approximate surface area is 222 Å². The summed E-state index contributed by atoms with van der Waals surface area (Å²) in [6, 6.07) is 21.3. The van der Waals surface area contributed by atoms with E-state index in [9.17, 15) is 24.9 Å². The second kappa shape index (κ2) is 12.2. The summed E-state index contributed by atoms with van der Waals surface area (Å²) in [6.07, 6.45) is -0.656. The minimum atomic E-state index is -1.09. The third-order valence-corrected chi connectivity index (χ3v) is 7.00. The predicted molar refractivity (Wildman–Crippen MR) is 142 cm³/mol. The van der Waals surface area contributed by atoms with Crippen molar-refractivity contribution in [2.45, 2.75) is 56.7 Å². The molecule has 0 amide bonds. The van der Waals surface area contributed by atoms with Gasteiger partial charge in [0.1, 0.15) is 18.3 Å². The molecular formula is C31H32O7. The number of rotatable bonds is 11. The van der Waals surface area contributed by atoms with Gasteiger partial charge in [-0.2, -0.15) is 0 Å². The van der Waals surface area contributed by atoms with Crippen molar-refractivity contribution in [2.75, 3.05) is 0 Å². The largest absolute Gasteiger partial charge is 0.478 e. The maximum atomic E-state index is 12.3. The molecule has 1 saturated heterocycles. The zero-order valence-electron chi connectivity index (χ0n) is 21.2. The molecule has 1 heterocycles. The van der Waals surface area contributed by atoms with E-state index < -0.39 is 36.4 Å². The molecule has 198 valence electrons. The third kappa shape index (κ3) is 5.86. The Morgan fingerprint density at radius 2 is 1.63 bits per heavy atom. The molecule has 1 aliphatic rings. The maximum Gasteiger partial charge on any atom is 0.335 e. The second-order valence-corrected chi connectivity index (χ2v) is 9.55. The van der Waals surface area contributed by atoms with Crippen molar-refractivity contribution in [2.24, 2.45) is 0 Å². The summed E-state index contributed by atoms with van der Waals surface area (Å²) in [7, 11) is 0. The molecule has 0 bridgehead atoms. The highest BCUT2D eigenvalue weighted by Crippen LogP contribution is 2.41. The lowest BCUT2D eigenvalue weighted by Gasteiger charge is -2.25. The summed E-state index contributed by atoms with van der Waals surface area (Å²) < 4.78 is 12.5. The Hall–Kier alpha value is -3.78. The highest BCUT2D eigenvalue weighted by Gasteiger charge is 2.45. The molecule has 7 heteroatoms. The molecule has 4 rings (SSSR count). The molecule has 0 unspecified atom stereocenters. The molecule has 0 saturated carbocycles. The molecule has 0 radical (unpaired) electrons. The summed E-state index contributed by atoms with van der Waals surface area (Å²) >= 11 is 0.